The highest BCUT2D eigenvalue weighted by Crippen LogP contribution is 2.28. The maximum absolute atomic E-state index is 12.8. The molecule has 0 atom stereocenters. The first-order valence-electron chi connectivity index (χ1n) is 11.6. The van der Waals surface area contributed by atoms with Gasteiger partial charge in [-0.15, -0.1) is 0 Å². The second kappa shape index (κ2) is 11.8. The van der Waals surface area contributed by atoms with Gasteiger partial charge in [0.2, 0.25) is 5.91 Å². The largest absolute Gasteiger partial charge is 0.493 e. The molecule has 0 aliphatic carbocycles. The molecule has 7 nitrogen and oxygen atoms in total. The van der Waals surface area contributed by atoms with E-state index in [-0.39, 0.29) is 5.91 Å². The Morgan fingerprint density at radius 1 is 0.829 bits per heavy atom. The average Bonchev–Trinajstić information content (AvgIpc) is 2.90. The lowest BCUT2D eigenvalue weighted by Gasteiger charge is -2.36. The molecule has 0 unspecified atom stereocenters. The van der Waals surface area contributed by atoms with Gasteiger partial charge in [0.15, 0.2) is 11.5 Å². The maximum Gasteiger partial charge on any atom is 0.227 e. The maximum atomic E-state index is 12.8. The summed E-state index contributed by atoms with van der Waals surface area (Å²) in [5.74, 6) is 1.44. The molecule has 8 heteroatoms. The van der Waals surface area contributed by atoms with Crippen molar-refractivity contribution in [1.82, 2.24) is 4.90 Å². The number of aryl methyl sites for hydroxylation is 1. The van der Waals surface area contributed by atoms with Crippen molar-refractivity contribution in [2.24, 2.45) is 0 Å². The molecule has 1 heterocycles. The van der Waals surface area contributed by atoms with Gasteiger partial charge in [0.05, 0.1) is 32.8 Å². The Morgan fingerprint density at radius 2 is 1.43 bits per heavy atom. The zero-order valence-corrected chi connectivity index (χ0v) is 21.2. The summed E-state index contributed by atoms with van der Waals surface area (Å²) in [6, 6.07) is 22.3. The monoisotopic (exact) mass is 492 g/mol. The molecule has 1 aliphatic rings. The Morgan fingerprint density at radius 3 is 2.03 bits per heavy atom. The number of nitrogens with one attached hydrogen (secondary N) is 2. The molecule has 0 bridgehead atoms. The van der Waals surface area contributed by atoms with Crippen LogP contribution in [0.15, 0.2) is 66.7 Å². The number of anilines is 3. The lowest BCUT2D eigenvalue weighted by atomic mass is 10.1. The lowest BCUT2D eigenvalue weighted by Crippen LogP contribution is -2.49. The number of ether oxygens (including phenoxy) is 2. The first-order valence-corrected chi connectivity index (χ1v) is 12.5. The Balaban J connectivity index is 1.23. The normalized spacial score (nSPS) is 13.3. The summed E-state index contributed by atoms with van der Waals surface area (Å²) in [7, 11) is 3.21. The molecule has 2 N–H and O–H groups in total. The Hall–Kier alpha value is -3.52. The molecule has 3 aromatic carbocycles. The molecule has 1 aliphatic heterocycles. The molecular weight excluding hydrogens is 460 g/mol. The molecular formula is C27H32N4O3S. The third-order valence-corrected chi connectivity index (χ3v) is 6.73. The van der Waals surface area contributed by atoms with Crippen molar-refractivity contribution < 1.29 is 14.3 Å². The van der Waals surface area contributed by atoms with E-state index >= 15 is 0 Å². The number of benzene rings is 3. The van der Waals surface area contributed by atoms with Crippen molar-refractivity contribution in [1.29, 1.82) is 0 Å². The Kier molecular flexibility index (Phi) is 8.26. The first kappa shape index (κ1) is 24.6. The predicted molar refractivity (Wildman–Crippen MR) is 145 cm³/mol. The molecule has 1 saturated heterocycles. The van der Waals surface area contributed by atoms with E-state index < -0.39 is 0 Å². The topological polar surface area (TPSA) is 66.1 Å². The van der Waals surface area contributed by atoms with Crippen LogP contribution in [0.4, 0.5) is 17.1 Å². The quantitative estimate of drug-likeness (QED) is 0.408. The summed E-state index contributed by atoms with van der Waals surface area (Å²) >= 11 is 1.44. The van der Waals surface area contributed by atoms with Gasteiger partial charge in [-0.1, -0.05) is 23.8 Å². The summed E-state index contributed by atoms with van der Waals surface area (Å²) in [6.45, 7) is 5.13. The summed E-state index contributed by atoms with van der Waals surface area (Å²) in [6.07, 6.45) is 0.356. The van der Waals surface area contributed by atoms with Gasteiger partial charge < -0.3 is 28.7 Å². The molecule has 0 saturated carbocycles. The molecule has 184 valence electrons. The van der Waals surface area contributed by atoms with Crippen molar-refractivity contribution in [3.63, 3.8) is 0 Å². The fourth-order valence-electron chi connectivity index (χ4n) is 4.00. The van der Waals surface area contributed by atoms with Gasteiger partial charge in [0.1, 0.15) is 0 Å². The number of hydrogen-bond donors (Lipinski definition) is 2. The van der Waals surface area contributed by atoms with Crippen molar-refractivity contribution in [3.8, 4) is 11.5 Å². The van der Waals surface area contributed by atoms with Gasteiger partial charge in [-0.05, 0) is 61.0 Å². The van der Waals surface area contributed by atoms with Crippen LogP contribution in [0.25, 0.3) is 0 Å². The number of carbonyl (C=O) groups is 1. The number of amides is 1. The van der Waals surface area contributed by atoms with Crippen LogP contribution in [0.2, 0.25) is 0 Å². The number of hydrogen-bond acceptors (Lipinski definition) is 7. The number of rotatable bonds is 9. The fourth-order valence-corrected chi connectivity index (χ4v) is 4.56. The smallest absolute Gasteiger partial charge is 0.227 e. The number of methoxy groups -OCH3 is 2. The van der Waals surface area contributed by atoms with E-state index in [0.29, 0.717) is 31.0 Å². The second-order valence-electron chi connectivity index (χ2n) is 8.45. The van der Waals surface area contributed by atoms with Gasteiger partial charge in [0, 0.05) is 43.2 Å². The van der Waals surface area contributed by atoms with Crippen LogP contribution in [-0.2, 0) is 11.2 Å². The zero-order chi connectivity index (χ0) is 24.6. The van der Waals surface area contributed by atoms with Gasteiger partial charge >= 0.3 is 0 Å². The third kappa shape index (κ3) is 6.54. The summed E-state index contributed by atoms with van der Waals surface area (Å²) < 4.78 is 17.2. The highest BCUT2D eigenvalue weighted by atomic mass is 32.2. The van der Waals surface area contributed by atoms with Crippen LogP contribution in [0.1, 0.15) is 11.1 Å². The van der Waals surface area contributed by atoms with Crippen LogP contribution < -0.4 is 23.8 Å². The van der Waals surface area contributed by atoms with Crippen molar-refractivity contribution in [2.75, 3.05) is 54.7 Å². The zero-order valence-electron chi connectivity index (χ0n) is 20.4. The molecule has 1 amide bonds. The molecule has 0 radical (unpaired) electrons. The minimum absolute atomic E-state index is 0.134. The van der Waals surface area contributed by atoms with E-state index in [1.54, 1.807) is 14.2 Å². The molecule has 0 aromatic heterocycles. The number of carbonyl (C=O) groups excluding carboxylic acids is 1. The minimum atomic E-state index is 0.134. The van der Waals surface area contributed by atoms with Crippen molar-refractivity contribution in [3.05, 3.63) is 77.9 Å². The molecule has 3 aromatic rings. The SMILES string of the molecule is COc1ccc(CC(=O)N2CCN(c3ccc(NSNc4ccc(C)cc4)cc3)CC2)cc1OC. The van der Waals surface area contributed by atoms with E-state index in [0.717, 1.165) is 30.0 Å². The highest BCUT2D eigenvalue weighted by molar-refractivity contribution is 8.01. The molecule has 1 fully saturated rings. The molecule has 35 heavy (non-hydrogen) atoms. The first-order chi connectivity index (χ1) is 17.1. The lowest BCUT2D eigenvalue weighted by molar-refractivity contribution is -0.130. The van der Waals surface area contributed by atoms with Gasteiger partial charge in [-0.2, -0.15) is 0 Å². The average molecular weight is 493 g/mol. The minimum Gasteiger partial charge on any atom is -0.493 e. The van der Waals surface area contributed by atoms with Crippen molar-refractivity contribution >= 4 is 35.1 Å². The number of piperazine rings is 1. The summed E-state index contributed by atoms with van der Waals surface area (Å²) in [5, 5.41) is 0. The van der Waals surface area contributed by atoms with Gasteiger partial charge in [-0.25, -0.2) is 0 Å². The van der Waals surface area contributed by atoms with E-state index in [2.05, 4.69) is 69.8 Å². The fraction of sp³-hybridized carbons (Fsp3) is 0.296. The predicted octanol–water partition coefficient (Wildman–Crippen LogP) is 4.99. The van der Waals surface area contributed by atoms with Crippen LogP contribution in [0.3, 0.4) is 0 Å². The van der Waals surface area contributed by atoms with Crippen LogP contribution in [-0.4, -0.2) is 51.2 Å². The van der Waals surface area contributed by atoms with E-state index in [4.69, 9.17) is 9.47 Å². The van der Waals surface area contributed by atoms with E-state index in [9.17, 15) is 4.79 Å². The van der Waals surface area contributed by atoms with Gasteiger partial charge in [-0.3, -0.25) is 4.79 Å². The van der Waals surface area contributed by atoms with Crippen LogP contribution in [0.5, 0.6) is 11.5 Å². The van der Waals surface area contributed by atoms with Crippen LogP contribution >= 0.6 is 12.1 Å². The van der Waals surface area contributed by atoms with E-state index in [1.807, 2.05) is 23.1 Å². The second-order valence-corrected chi connectivity index (χ2v) is 9.07. The Bertz CT molecular complexity index is 1110. The van der Waals surface area contributed by atoms with Crippen molar-refractivity contribution in [2.45, 2.75) is 13.3 Å². The standard InChI is InChI=1S/C27H32N4O3S/c1-20-4-7-22(8-5-20)28-35-29-23-9-11-24(12-10-23)30-14-16-31(17-15-30)27(32)19-21-6-13-25(33-2)26(18-21)34-3/h4-13,18,28-29H,14-17,19H2,1-3H3. The summed E-state index contributed by atoms with van der Waals surface area (Å²) in [5.41, 5.74) is 5.42. The molecule has 4 rings (SSSR count). The third-order valence-electron chi connectivity index (χ3n) is 6.06. The molecule has 0 spiro atoms. The Labute approximate surface area is 211 Å². The summed E-state index contributed by atoms with van der Waals surface area (Å²) in [4.78, 5) is 17.1. The van der Waals surface area contributed by atoms with Gasteiger partial charge in [0.25, 0.3) is 0 Å². The van der Waals surface area contributed by atoms with E-state index in [1.165, 1.54) is 23.4 Å². The number of nitrogens with zero attached hydrogens (tertiary/aromatic N) is 2. The highest BCUT2D eigenvalue weighted by Gasteiger charge is 2.22. The van der Waals surface area contributed by atoms with Crippen LogP contribution in [0, 0.1) is 6.92 Å².